The molecule has 0 saturated heterocycles. The molecule has 0 unspecified atom stereocenters. The minimum atomic E-state index is -0.625. The lowest BCUT2D eigenvalue weighted by molar-refractivity contribution is 0.467. The summed E-state index contributed by atoms with van der Waals surface area (Å²) in [5.74, 6) is -1.18. The Kier molecular flexibility index (Phi) is 6.94. The van der Waals surface area contributed by atoms with Crippen molar-refractivity contribution in [3.8, 4) is 62.0 Å². The van der Waals surface area contributed by atoms with E-state index in [2.05, 4.69) is 9.97 Å². The van der Waals surface area contributed by atoms with E-state index in [0.29, 0.717) is 45.0 Å². The van der Waals surface area contributed by atoms with E-state index in [4.69, 9.17) is 4.74 Å². The highest BCUT2D eigenvalue weighted by Gasteiger charge is 2.17. The van der Waals surface area contributed by atoms with Crippen LogP contribution in [0.25, 0.3) is 44.8 Å². The zero-order chi connectivity index (χ0) is 29.2. The molecule has 4 aromatic carbocycles. The number of pyridine rings is 2. The second kappa shape index (κ2) is 11.0. The summed E-state index contributed by atoms with van der Waals surface area (Å²) in [6.07, 6.45) is 0. The van der Waals surface area contributed by atoms with Gasteiger partial charge in [-0.25, -0.2) is 8.78 Å². The van der Waals surface area contributed by atoms with Crippen molar-refractivity contribution in [1.29, 1.82) is 0 Å². The Morgan fingerprint density at radius 3 is 1.81 bits per heavy atom. The summed E-state index contributed by atoms with van der Waals surface area (Å²) in [4.78, 5) is 31.0. The zero-order valence-corrected chi connectivity index (χ0v) is 21.9. The topological polar surface area (TPSA) is 95.2 Å². The summed E-state index contributed by atoms with van der Waals surface area (Å²) in [5, 5.41) is 10.2. The summed E-state index contributed by atoms with van der Waals surface area (Å²) in [5.41, 5.74) is 2.79. The molecule has 6 aromatic rings. The van der Waals surface area contributed by atoms with Gasteiger partial charge in [0.1, 0.15) is 17.4 Å². The van der Waals surface area contributed by atoms with Gasteiger partial charge in [0.25, 0.3) is 11.1 Å². The van der Waals surface area contributed by atoms with Crippen molar-refractivity contribution in [3.05, 3.63) is 148 Å². The molecule has 0 bridgehead atoms. The number of rotatable bonds is 6. The van der Waals surface area contributed by atoms with Crippen molar-refractivity contribution in [2.45, 2.75) is 0 Å². The van der Waals surface area contributed by atoms with Gasteiger partial charge >= 0.3 is 0 Å². The highest BCUT2D eigenvalue weighted by Crippen LogP contribution is 2.36. The number of nitrogens with one attached hydrogen (secondary N) is 2. The minimum absolute atomic E-state index is 0.0702. The first-order chi connectivity index (χ1) is 20.4. The molecule has 0 amide bonds. The number of aromatic hydroxyl groups is 1. The Morgan fingerprint density at radius 1 is 0.548 bits per heavy atom. The molecular formula is C34H22F2N2O4. The molecule has 0 saturated carbocycles. The first kappa shape index (κ1) is 26.5. The van der Waals surface area contributed by atoms with Gasteiger partial charge in [0.05, 0.1) is 11.4 Å². The van der Waals surface area contributed by atoms with Gasteiger partial charge in [-0.3, -0.25) is 9.59 Å². The molecule has 0 atom stereocenters. The van der Waals surface area contributed by atoms with Crippen LogP contribution in [0.3, 0.4) is 0 Å². The van der Waals surface area contributed by atoms with Gasteiger partial charge in [0, 0.05) is 16.7 Å². The quantitative estimate of drug-likeness (QED) is 0.197. The highest BCUT2D eigenvalue weighted by atomic mass is 19.1. The molecule has 3 N–H and O–H groups in total. The summed E-state index contributed by atoms with van der Waals surface area (Å²) < 4.78 is 34.3. The van der Waals surface area contributed by atoms with Crippen molar-refractivity contribution in [2.24, 2.45) is 0 Å². The van der Waals surface area contributed by atoms with Crippen LogP contribution < -0.4 is 15.9 Å². The van der Waals surface area contributed by atoms with Crippen LogP contribution in [0.15, 0.2) is 125 Å². The van der Waals surface area contributed by atoms with Crippen LogP contribution in [-0.2, 0) is 0 Å². The van der Waals surface area contributed by atoms with Crippen LogP contribution >= 0.6 is 0 Å². The third kappa shape index (κ3) is 5.33. The lowest BCUT2D eigenvalue weighted by Gasteiger charge is -2.14. The third-order valence-electron chi connectivity index (χ3n) is 6.71. The molecule has 2 aromatic heterocycles. The van der Waals surface area contributed by atoms with Gasteiger partial charge in [0.2, 0.25) is 0 Å². The van der Waals surface area contributed by atoms with Crippen molar-refractivity contribution in [1.82, 2.24) is 9.97 Å². The van der Waals surface area contributed by atoms with Crippen molar-refractivity contribution in [2.75, 3.05) is 0 Å². The molecule has 0 fully saturated rings. The van der Waals surface area contributed by atoms with E-state index in [1.165, 1.54) is 42.5 Å². The maximum atomic E-state index is 14.2. The predicted molar refractivity (Wildman–Crippen MR) is 158 cm³/mol. The monoisotopic (exact) mass is 560 g/mol. The summed E-state index contributed by atoms with van der Waals surface area (Å²) >= 11 is 0. The average molecular weight is 561 g/mol. The van der Waals surface area contributed by atoms with Gasteiger partial charge < -0.3 is 19.8 Å². The summed E-state index contributed by atoms with van der Waals surface area (Å²) in [7, 11) is 0. The summed E-state index contributed by atoms with van der Waals surface area (Å²) in [6.45, 7) is 0. The average Bonchev–Trinajstić information content (AvgIpc) is 3.00. The molecule has 42 heavy (non-hydrogen) atoms. The number of ether oxygens (including phenoxy) is 1. The molecule has 0 radical (unpaired) electrons. The Bertz CT molecular complexity index is 2050. The number of H-pyrrole nitrogens is 2. The van der Waals surface area contributed by atoms with Crippen LogP contribution in [0, 0.1) is 11.6 Å². The van der Waals surface area contributed by atoms with E-state index in [1.54, 1.807) is 42.5 Å². The van der Waals surface area contributed by atoms with E-state index in [-0.39, 0.29) is 5.75 Å². The Labute approximate surface area is 238 Å². The molecule has 6 rings (SSSR count). The molecule has 2 heterocycles. The lowest BCUT2D eigenvalue weighted by Crippen LogP contribution is -2.11. The first-order valence-corrected chi connectivity index (χ1v) is 12.9. The van der Waals surface area contributed by atoms with E-state index in [9.17, 15) is 23.5 Å². The standard InChI is InChI=1S/C34H22F2N2O4/c35-24-12-4-9-21(15-24)28-19-30(34(41)38-32(28)23-11-5-13-25(36)16-23)42-26-14-6-10-22(17-26)27-18-29(39)33(40)37-31(27)20-7-2-1-3-8-20/h1-19,39H,(H,37,40)(H,38,41). The Balaban J connectivity index is 1.45. The molecule has 0 aliphatic rings. The van der Waals surface area contributed by atoms with E-state index < -0.39 is 28.5 Å². The zero-order valence-electron chi connectivity index (χ0n) is 21.9. The fourth-order valence-corrected chi connectivity index (χ4v) is 4.78. The highest BCUT2D eigenvalue weighted by molar-refractivity contribution is 5.83. The normalized spacial score (nSPS) is 10.9. The molecule has 0 aliphatic carbocycles. The SMILES string of the molecule is O=c1[nH]c(-c2ccccc2)c(-c2cccc(Oc3cc(-c4cccc(F)c4)c(-c4cccc(F)c4)[nH]c3=O)c2)cc1O. The maximum Gasteiger partial charge on any atom is 0.291 e. The van der Waals surface area contributed by atoms with Gasteiger partial charge in [-0.2, -0.15) is 0 Å². The van der Waals surface area contributed by atoms with Crippen molar-refractivity contribution in [3.63, 3.8) is 0 Å². The van der Waals surface area contributed by atoms with Gasteiger partial charge in [-0.05, 0) is 65.2 Å². The Morgan fingerprint density at radius 2 is 1.10 bits per heavy atom. The fraction of sp³-hybridized carbons (Fsp3) is 0. The van der Waals surface area contributed by atoms with E-state index >= 15 is 0 Å². The molecule has 0 spiro atoms. The minimum Gasteiger partial charge on any atom is -0.503 e. The number of hydrogen-bond donors (Lipinski definition) is 3. The second-order valence-electron chi connectivity index (χ2n) is 9.54. The maximum absolute atomic E-state index is 14.2. The van der Waals surface area contributed by atoms with Crippen LogP contribution in [-0.4, -0.2) is 15.1 Å². The lowest BCUT2D eigenvalue weighted by atomic mass is 9.98. The van der Waals surface area contributed by atoms with Gasteiger partial charge in [-0.15, -0.1) is 0 Å². The first-order valence-electron chi connectivity index (χ1n) is 12.9. The van der Waals surface area contributed by atoms with E-state index in [1.807, 2.05) is 30.3 Å². The predicted octanol–water partition coefficient (Wildman–Crippen LogP) is 7.51. The number of benzene rings is 4. The number of hydrogen-bond acceptors (Lipinski definition) is 4. The van der Waals surface area contributed by atoms with Gasteiger partial charge in [-0.1, -0.05) is 66.7 Å². The molecule has 0 aliphatic heterocycles. The van der Waals surface area contributed by atoms with Crippen LogP contribution in [0.5, 0.6) is 17.2 Å². The van der Waals surface area contributed by atoms with Crippen molar-refractivity contribution >= 4 is 0 Å². The largest absolute Gasteiger partial charge is 0.503 e. The van der Waals surface area contributed by atoms with Crippen LogP contribution in [0.1, 0.15) is 0 Å². The molecule has 6 nitrogen and oxygen atoms in total. The van der Waals surface area contributed by atoms with Crippen LogP contribution in [0.4, 0.5) is 8.78 Å². The fourth-order valence-electron chi connectivity index (χ4n) is 4.78. The smallest absolute Gasteiger partial charge is 0.291 e. The third-order valence-corrected chi connectivity index (χ3v) is 6.71. The molecular weight excluding hydrogens is 538 g/mol. The Hall–Kier alpha value is -5.76. The summed E-state index contributed by atoms with van der Waals surface area (Å²) in [6, 6.07) is 30.4. The number of halogens is 2. The number of aromatic amines is 2. The second-order valence-corrected chi connectivity index (χ2v) is 9.54. The molecule has 206 valence electrons. The van der Waals surface area contributed by atoms with Crippen molar-refractivity contribution < 1.29 is 18.6 Å². The number of aromatic nitrogens is 2. The van der Waals surface area contributed by atoms with E-state index in [0.717, 1.165) is 5.56 Å². The van der Waals surface area contributed by atoms with Gasteiger partial charge in [0.15, 0.2) is 11.5 Å². The van der Waals surface area contributed by atoms with Crippen LogP contribution in [0.2, 0.25) is 0 Å². The molecule has 8 heteroatoms.